The van der Waals surface area contributed by atoms with Gasteiger partial charge in [0.05, 0.1) is 4.92 Å². The van der Waals surface area contributed by atoms with Gasteiger partial charge >= 0.3 is 0 Å². The molecule has 0 saturated heterocycles. The van der Waals surface area contributed by atoms with E-state index in [2.05, 4.69) is 0 Å². The Morgan fingerprint density at radius 2 is 1.81 bits per heavy atom. The number of carbonyl (C=O) groups is 1. The highest BCUT2D eigenvalue weighted by atomic mass is 16.6. The fraction of sp³-hybridized carbons (Fsp3) is 0.118. The molecule has 0 unspecified atom stereocenters. The van der Waals surface area contributed by atoms with Crippen LogP contribution < -0.4 is 0 Å². The average molecular weight is 279 g/mol. The number of nitro groups is 1. The summed E-state index contributed by atoms with van der Waals surface area (Å²) in [5.41, 5.74) is 2.97. The minimum absolute atomic E-state index is 0.0388. The zero-order chi connectivity index (χ0) is 14.8. The third kappa shape index (κ3) is 2.60. The third-order valence-electron chi connectivity index (χ3n) is 3.64. The van der Waals surface area contributed by atoms with E-state index in [1.807, 2.05) is 36.4 Å². The molecule has 2 aromatic rings. The van der Waals surface area contributed by atoms with E-state index < -0.39 is 4.92 Å². The Bertz CT molecular complexity index is 748. The number of aryl methyl sites for hydroxylation is 1. The summed E-state index contributed by atoms with van der Waals surface area (Å²) < 4.78 is 0. The number of hydrogen-bond donors (Lipinski definition) is 0. The molecule has 2 aromatic carbocycles. The molecular formula is C17H13NO3. The molecule has 1 aliphatic carbocycles. The molecule has 0 spiro atoms. The first-order chi connectivity index (χ1) is 10.1. The zero-order valence-electron chi connectivity index (χ0n) is 11.3. The number of non-ortho nitro benzene ring substituents is 1. The van der Waals surface area contributed by atoms with Crippen LogP contribution in [0.5, 0.6) is 0 Å². The fourth-order valence-corrected chi connectivity index (χ4v) is 2.55. The van der Waals surface area contributed by atoms with Gasteiger partial charge in [-0.25, -0.2) is 0 Å². The second-order valence-electron chi connectivity index (χ2n) is 5.01. The molecule has 0 N–H and O–H groups in total. The van der Waals surface area contributed by atoms with Crippen LogP contribution in [0.15, 0.2) is 54.1 Å². The molecule has 3 rings (SSSR count). The number of nitrogens with zero attached hydrogens (tertiary/aromatic N) is 1. The van der Waals surface area contributed by atoms with E-state index in [0.717, 1.165) is 17.5 Å². The van der Waals surface area contributed by atoms with E-state index >= 15 is 0 Å². The van der Waals surface area contributed by atoms with Crippen LogP contribution in [0.2, 0.25) is 0 Å². The first-order valence-electron chi connectivity index (χ1n) is 6.73. The van der Waals surface area contributed by atoms with Crippen molar-refractivity contribution in [2.75, 3.05) is 0 Å². The van der Waals surface area contributed by atoms with Crippen LogP contribution in [0, 0.1) is 10.1 Å². The Kier molecular flexibility index (Phi) is 3.36. The normalized spacial score (nSPS) is 15.8. The molecule has 0 amide bonds. The molecule has 0 radical (unpaired) electrons. The Balaban J connectivity index is 2.00. The van der Waals surface area contributed by atoms with Gasteiger partial charge in [0.25, 0.3) is 5.69 Å². The number of nitro benzene ring substituents is 1. The standard InChI is InChI=1S/C17H13NO3/c19-17-14(10-12-4-2-1-3-5-12)7-6-13-8-9-15(18(20)21)11-16(13)17/h1-5,8-11H,6-7H2. The van der Waals surface area contributed by atoms with E-state index in [0.29, 0.717) is 17.6 Å². The highest BCUT2D eigenvalue weighted by Gasteiger charge is 2.24. The Morgan fingerprint density at radius 3 is 2.52 bits per heavy atom. The molecule has 0 fully saturated rings. The van der Waals surface area contributed by atoms with Crippen molar-refractivity contribution in [1.29, 1.82) is 0 Å². The molecule has 4 nitrogen and oxygen atoms in total. The van der Waals surface area contributed by atoms with Gasteiger partial charge in [0.15, 0.2) is 5.78 Å². The summed E-state index contributed by atoms with van der Waals surface area (Å²) >= 11 is 0. The second kappa shape index (κ2) is 5.32. The van der Waals surface area contributed by atoms with Crippen molar-refractivity contribution in [3.8, 4) is 0 Å². The fourth-order valence-electron chi connectivity index (χ4n) is 2.55. The average Bonchev–Trinajstić information content (AvgIpc) is 2.51. The van der Waals surface area contributed by atoms with Crippen LogP contribution in [0.3, 0.4) is 0 Å². The summed E-state index contributed by atoms with van der Waals surface area (Å²) in [5.74, 6) is -0.108. The minimum atomic E-state index is -0.469. The van der Waals surface area contributed by atoms with Crippen molar-refractivity contribution in [1.82, 2.24) is 0 Å². The molecule has 0 aliphatic heterocycles. The largest absolute Gasteiger partial charge is 0.289 e. The predicted octanol–water partition coefficient (Wildman–Crippen LogP) is 3.81. The summed E-state index contributed by atoms with van der Waals surface area (Å²) in [6.45, 7) is 0. The van der Waals surface area contributed by atoms with Gasteiger partial charge in [-0.1, -0.05) is 36.4 Å². The first-order valence-corrected chi connectivity index (χ1v) is 6.73. The lowest BCUT2D eigenvalue weighted by Crippen LogP contribution is -2.14. The Morgan fingerprint density at radius 1 is 1.05 bits per heavy atom. The summed E-state index contributed by atoms with van der Waals surface area (Å²) in [5, 5.41) is 10.8. The third-order valence-corrected chi connectivity index (χ3v) is 3.64. The molecule has 0 heterocycles. The molecule has 0 bridgehead atoms. The van der Waals surface area contributed by atoms with Gasteiger partial charge in [-0.05, 0) is 30.0 Å². The quantitative estimate of drug-likeness (QED) is 0.477. The number of rotatable bonds is 2. The van der Waals surface area contributed by atoms with Gasteiger partial charge < -0.3 is 0 Å². The van der Waals surface area contributed by atoms with Crippen molar-refractivity contribution in [3.63, 3.8) is 0 Å². The number of hydrogen-bond acceptors (Lipinski definition) is 3. The van der Waals surface area contributed by atoms with Crippen molar-refractivity contribution < 1.29 is 9.72 Å². The smallest absolute Gasteiger partial charge is 0.270 e. The van der Waals surface area contributed by atoms with Crippen LogP contribution in [0.25, 0.3) is 6.08 Å². The van der Waals surface area contributed by atoms with Crippen LogP contribution >= 0.6 is 0 Å². The lowest BCUT2D eigenvalue weighted by atomic mass is 9.86. The Labute approximate surface area is 121 Å². The van der Waals surface area contributed by atoms with Gasteiger partial charge in [-0.15, -0.1) is 0 Å². The van der Waals surface area contributed by atoms with Crippen LogP contribution in [-0.4, -0.2) is 10.7 Å². The van der Waals surface area contributed by atoms with Crippen molar-refractivity contribution >= 4 is 17.5 Å². The van der Waals surface area contributed by atoms with E-state index in [1.165, 1.54) is 12.1 Å². The highest BCUT2D eigenvalue weighted by molar-refractivity contribution is 6.13. The number of benzene rings is 2. The van der Waals surface area contributed by atoms with Crippen LogP contribution in [-0.2, 0) is 6.42 Å². The van der Waals surface area contributed by atoms with E-state index in [9.17, 15) is 14.9 Å². The summed E-state index contributed by atoms with van der Waals surface area (Å²) in [6.07, 6.45) is 3.26. The number of fused-ring (bicyclic) bond motifs is 1. The lowest BCUT2D eigenvalue weighted by Gasteiger charge is -2.17. The number of ketones is 1. The molecule has 104 valence electrons. The number of Topliss-reactive ketones (excluding diaryl/α,β-unsaturated/α-hetero) is 1. The summed E-state index contributed by atoms with van der Waals surface area (Å²) in [6, 6.07) is 14.1. The van der Waals surface area contributed by atoms with Crippen LogP contribution in [0.4, 0.5) is 5.69 Å². The lowest BCUT2D eigenvalue weighted by molar-refractivity contribution is -0.384. The zero-order valence-corrected chi connectivity index (χ0v) is 11.3. The van der Waals surface area contributed by atoms with Gasteiger partial charge in [-0.3, -0.25) is 14.9 Å². The minimum Gasteiger partial charge on any atom is -0.289 e. The first kappa shape index (κ1) is 13.2. The number of carbonyl (C=O) groups excluding carboxylic acids is 1. The molecule has 0 atom stereocenters. The van der Waals surface area contributed by atoms with Gasteiger partial charge in [0.1, 0.15) is 0 Å². The van der Waals surface area contributed by atoms with Crippen molar-refractivity contribution in [3.05, 3.63) is 80.9 Å². The highest BCUT2D eigenvalue weighted by Crippen LogP contribution is 2.29. The van der Waals surface area contributed by atoms with Gasteiger partial charge in [0.2, 0.25) is 0 Å². The molecule has 1 aliphatic rings. The topological polar surface area (TPSA) is 60.2 Å². The molecule has 0 saturated carbocycles. The maximum atomic E-state index is 12.5. The van der Waals surface area contributed by atoms with Gasteiger partial charge in [-0.2, -0.15) is 0 Å². The van der Waals surface area contributed by atoms with Crippen molar-refractivity contribution in [2.45, 2.75) is 12.8 Å². The predicted molar refractivity (Wildman–Crippen MR) is 80.2 cm³/mol. The number of allylic oxidation sites excluding steroid dienone is 1. The van der Waals surface area contributed by atoms with Gasteiger partial charge in [0, 0.05) is 23.3 Å². The molecule has 21 heavy (non-hydrogen) atoms. The van der Waals surface area contributed by atoms with E-state index in [1.54, 1.807) is 6.07 Å². The Hall–Kier alpha value is -2.75. The van der Waals surface area contributed by atoms with E-state index in [4.69, 9.17) is 0 Å². The summed E-state index contributed by atoms with van der Waals surface area (Å²) in [4.78, 5) is 22.9. The van der Waals surface area contributed by atoms with Crippen LogP contribution in [0.1, 0.15) is 27.9 Å². The van der Waals surface area contributed by atoms with Crippen molar-refractivity contribution in [2.24, 2.45) is 0 Å². The SMILES string of the molecule is O=C1C(=Cc2ccccc2)CCc2ccc([N+](=O)[O-])cc21. The summed E-state index contributed by atoms with van der Waals surface area (Å²) in [7, 11) is 0. The van der Waals surface area contributed by atoms with E-state index in [-0.39, 0.29) is 11.5 Å². The maximum Gasteiger partial charge on any atom is 0.270 e. The molecule has 4 heteroatoms. The second-order valence-corrected chi connectivity index (χ2v) is 5.01. The maximum absolute atomic E-state index is 12.5. The monoisotopic (exact) mass is 279 g/mol. The molecular weight excluding hydrogens is 266 g/mol. The molecule has 0 aromatic heterocycles.